The summed E-state index contributed by atoms with van der Waals surface area (Å²) < 4.78 is 0. The van der Waals surface area contributed by atoms with Gasteiger partial charge >= 0.3 is 0 Å². The number of aliphatic hydroxyl groups excluding tert-OH is 1. The number of nitriles is 1. The smallest absolute Gasteiger partial charge is 0.108 e. The SMILES string of the molecule is CC(C)CC(O)C1(C#N)CCCc2ccccc21. The molecule has 2 nitrogen and oxygen atoms in total. The summed E-state index contributed by atoms with van der Waals surface area (Å²) in [7, 11) is 0. The number of benzene rings is 1. The van der Waals surface area contributed by atoms with E-state index in [1.807, 2.05) is 18.2 Å². The third-order valence-corrected chi connectivity index (χ3v) is 3.98. The monoisotopic (exact) mass is 243 g/mol. The molecule has 2 atom stereocenters. The summed E-state index contributed by atoms with van der Waals surface area (Å²) in [6.45, 7) is 4.17. The number of aliphatic hydroxyl groups is 1. The molecular weight excluding hydrogens is 222 g/mol. The van der Waals surface area contributed by atoms with Gasteiger partial charge in [0.05, 0.1) is 12.2 Å². The quantitative estimate of drug-likeness (QED) is 0.886. The third-order valence-electron chi connectivity index (χ3n) is 3.98. The summed E-state index contributed by atoms with van der Waals surface area (Å²) in [5, 5.41) is 20.2. The van der Waals surface area contributed by atoms with Gasteiger partial charge in [-0.15, -0.1) is 0 Å². The summed E-state index contributed by atoms with van der Waals surface area (Å²) in [4.78, 5) is 0. The van der Waals surface area contributed by atoms with Gasteiger partial charge in [0.25, 0.3) is 0 Å². The van der Waals surface area contributed by atoms with E-state index in [0.717, 1.165) is 24.8 Å². The Morgan fingerprint density at radius 1 is 1.39 bits per heavy atom. The molecule has 1 aromatic carbocycles. The van der Waals surface area contributed by atoms with Crippen LogP contribution in [0.1, 0.15) is 44.2 Å². The van der Waals surface area contributed by atoms with Crippen molar-refractivity contribution in [1.82, 2.24) is 0 Å². The predicted molar refractivity (Wildman–Crippen MR) is 72.1 cm³/mol. The third kappa shape index (κ3) is 2.15. The Morgan fingerprint density at radius 3 is 2.78 bits per heavy atom. The van der Waals surface area contributed by atoms with Gasteiger partial charge in [-0.3, -0.25) is 0 Å². The van der Waals surface area contributed by atoms with E-state index in [2.05, 4.69) is 26.0 Å². The minimum absolute atomic E-state index is 0.402. The van der Waals surface area contributed by atoms with Crippen molar-refractivity contribution in [1.29, 1.82) is 5.26 Å². The first-order chi connectivity index (χ1) is 8.60. The lowest BCUT2D eigenvalue weighted by Crippen LogP contribution is -2.42. The maximum atomic E-state index is 10.5. The van der Waals surface area contributed by atoms with E-state index in [1.54, 1.807) is 0 Å². The molecule has 2 heteroatoms. The zero-order valence-corrected chi connectivity index (χ0v) is 11.2. The van der Waals surface area contributed by atoms with Crippen molar-refractivity contribution in [3.8, 4) is 6.07 Å². The molecule has 1 aliphatic carbocycles. The van der Waals surface area contributed by atoms with E-state index in [4.69, 9.17) is 0 Å². The number of hydrogen-bond donors (Lipinski definition) is 1. The van der Waals surface area contributed by atoms with Gasteiger partial charge in [0, 0.05) is 0 Å². The molecule has 0 aromatic heterocycles. The first kappa shape index (κ1) is 13.1. The molecule has 18 heavy (non-hydrogen) atoms. The highest BCUT2D eigenvalue weighted by molar-refractivity contribution is 5.42. The van der Waals surface area contributed by atoms with Gasteiger partial charge in [0.2, 0.25) is 0 Å². The molecule has 0 heterocycles. The Labute approximate surface area is 109 Å². The molecule has 0 saturated carbocycles. The maximum Gasteiger partial charge on any atom is 0.108 e. The van der Waals surface area contributed by atoms with Crippen LogP contribution in [0.2, 0.25) is 0 Å². The maximum absolute atomic E-state index is 10.5. The van der Waals surface area contributed by atoms with E-state index >= 15 is 0 Å². The summed E-state index contributed by atoms with van der Waals surface area (Å²) in [6.07, 6.45) is 2.90. The molecule has 0 amide bonds. The fourth-order valence-corrected chi connectivity index (χ4v) is 3.05. The normalized spacial score (nSPS) is 24.4. The zero-order valence-electron chi connectivity index (χ0n) is 11.2. The van der Waals surface area contributed by atoms with Crippen LogP contribution in [0.5, 0.6) is 0 Å². The number of aryl methyl sites for hydroxylation is 1. The Kier molecular flexibility index (Phi) is 3.73. The molecule has 0 fully saturated rings. The second kappa shape index (κ2) is 5.12. The Morgan fingerprint density at radius 2 is 2.11 bits per heavy atom. The summed E-state index contributed by atoms with van der Waals surface area (Å²) in [5.74, 6) is 0.402. The highest BCUT2D eigenvalue weighted by Crippen LogP contribution is 2.41. The van der Waals surface area contributed by atoms with Crippen molar-refractivity contribution in [3.05, 3.63) is 35.4 Å². The molecule has 0 saturated heterocycles. The Balaban J connectivity index is 2.43. The zero-order chi connectivity index (χ0) is 13.2. The first-order valence-electron chi connectivity index (χ1n) is 6.78. The summed E-state index contributed by atoms with van der Waals surface area (Å²) in [6, 6.07) is 10.5. The van der Waals surface area contributed by atoms with Gasteiger partial charge in [0.1, 0.15) is 5.41 Å². The van der Waals surface area contributed by atoms with Crippen molar-refractivity contribution in [3.63, 3.8) is 0 Å². The number of hydrogen-bond acceptors (Lipinski definition) is 2. The van der Waals surface area contributed by atoms with Crippen molar-refractivity contribution < 1.29 is 5.11 Å². The summed E-state index contributed by atoms with van der Waals surface area (Å²) >= 11 is 0. The second-order valence-corrected chi connectivity index (χ2v) is 5.74. The highest BCUT2D eigenvalue weighted by Gasteiger charge is 2.43. The molecule has 1 aliphatic rings. The average molecular weight is 243 g/mol. The Hall–Kier alpha value is -1.33. The van der Waals surface area contributed by atoms with Crippen LogP contribution >= 0.6 is 0 Å². The standard InChI is InChI=1S/C16H21NO/c1-12(2)10-15(18)16(11-17)9-5-7-13-6-3-4-8-14(13)16/h3-4,6,8,12,15,18H,5,7,9-10H2,1-2H3. The van der Waals surface area contributed by atoms with Crippen LogP contribution in [0.4, 0.5) is 0 Å². The van der Waals surface area contributed by atoms with Gasteiger partial charge in [-0.05, 0) is 42.7 Å². The van der Waals surface area contributed by atoms with Crippen molar-refractivity contribution in [2.45, 2.75) is 51.0 Å². The van der Waals surface area contributed by atoms with Gasteiger partial charge in [-0.25, -0.2) is 0 Å². The largest absolute Gasteiger partial charge is 0.391 e. The van der Waals surface area contributed by atoms with Crippen LogP contribution in [0.25, 0.3) is 0 Å². The fourth-order valence-electron chi connectivity index (χ4n) is 3.05. The van der Waals surface area contributed by atoms with Crippen molar-refractivity contribution in [2.75, 3.05) is 0 Å². The molecule has 0 radical (unpaired) electrons. The molecule has 2 rings (SSSR count). The van der Waals surface area contributed by atoms with Gasteiger partial charge in [0.15, 0.2) is 0 Å². The van der Waals surface area contributed by atoms with E-state index in [-0.39, 0.29) is 0 Å². The van der Waals surface area contributed by atoms with Crippen LogP contribution in [-0.4, -0.2) is 11.2 Å². The van der Waals surface area contributed by atoms with Gasteiger partial charge < -0.3 is 5.11 Å². The van der Waals surface area contributed by atoms with E-state index in [0.29, 0.717) is 12.3 Å². The minimum Gasteiger partial charge on any atom is -0.391 e. The number of nitrogens with zero attached hydrogens (tertiary/aromatic N) is 1. The van der Waals surface area contributed by atoms with E-state index in [9.17, 15) is 10.4 Å². The lowest BCUT2D eigenvalue weighted by atomic mass is 9.66. The second-order valence-electron chi connectivity index (χ2n) is 5.74. The van der Waals surface area contributed by atoms with Gasteiger partial charge in [-0.2, -0.15) is 5.26 Å². The lowest BCUT2D eigenvalue weighted by molar-refractivity contribution is 0.0791. The van der Waals surface area contributed by atoms with Crippen LogP contribution in [0.3, 0.4) is 0 Å². The fraction of sp³-hybridized carbons (Fsp3) is 0.562. The van der Waals surface area contributed by atoms with E-state index < -0.39 is 11.5 Å². The Bertz CT molecular complexity index is 460. The molecule has 1 aromatic rings. The highest BCUT2D eigenvalue weighted by atomic mass is 16.3. The van der Waals surface area contributed by atoms with Crippen molar-refractivity contribution >= 4 is 0 Å². The molecule has 96 valence electrons. The molecule has 0 aliphatic heterocycles. The average Bonchev–Trinajstić information content (AvgIpc) is 2.37. The number of rotatable bonds is 3. The number of fused-ring (bicyclic) bond motifs is 1. The molecule has 0 bridgehead atoms. The first-order valence-corrected chi connectivity index (χ1v) is 6.78. The molecule has 1 N–H and O–H groups in total. The minimum atomic E-state index is -0.695. The topological polar surface area (TPSA) is 44.0 Å². The van der Waals surface area contributed by atoms with Crippen LogP contribution in [-0.2, 0) is 11.8 Å². The summed E-state index contributed by atoms with van der Waals surface area (Å²) in [5.41, 5.74) is 1.58. The van der Waals surface area contributed by atoms with Gasteiger partial charge in [-0.1, -0.05) is 38.1 Å². The van der Waals surface area contributed by atoms with Crippen molar-refractivity contribution in [2.24, 2.45) is 5.92 Å². The van der Waals surface area contributed by atoms with Crippen LogP contribution < -0.4 is 0 Å². The molecule has 0 spiro atoms. The van der Waals surface area contributed by atoms with Crippen LogP contribution in [0, 0.1) is 17.2 Å². The molecule has 2 unspecified atom stereocenters. The van der Waals surface area contributed by atoms with E-state index in [1.165, 1.54) is 5.56 Å². The molecular formula is C16H21NO. The lowest BCUT2D eigenvalue weighted by Gasteiger charge is -2.37. The predicted octanol–water partition coefficient (Wildman–Crippen LogP) is 3.19. The van der Waals surface area contributed by atoms with Crippen LogP contribution in [0.15, 0.2) is 24.3 Å².